The zero-order valence-electron chi connectivity index (χ0n) is 11.3. The molecule has 0 aromatic carbocycles. The van der Waals surface area contributed by atoms with Crippen LogP contribution < -0.4 is 5.73 Å². The van der Waals surface area contributed by atoms with E-state index in [0.717, 1.165) is 39.0 Å². The van der Waals surface area contributed by atoms with Crippen LogP contribution >= 0.6 is 0 Å². The molecule has 0 radical (unpaired) electrons. The molecular formula is C13H24F3NO. The van der Waals surface area contributed by atoms with Crippen molar-refractivity contribution in [3.05, 3.63) is 0 Å². The summed E-state index contributed by atoms with van der Waals surface area (Å²) in [6.07, 6.45) is 2.11. The average molecular weight is 267 g/mol. The van der Waals surface area contributed by atoms with Crippen LogP contribution in [-0.4, -0.2) is 17.5 Å². The number of unbranched alkanes of at least 4 members (excludes halogenated alkanes) is 6. The number of nitrogens with two attached hydrogens (primary N) is 1. The van der Waals surface area contributed by atoms with E-state index in [-0.39, 0.29) is 6.42 Å². The Kier molecular flexibility index (Phi) is 7.52. The second-order valence-corrected chi connectivity index (χ2v) is 4.99. The zero-order valence-corrected chi connectivity index (χ0v) is 11.3. The molecule has 2 nitrogen and oxygen atoms in total. The lowest BCUT2D eigenvalue weighted by Crippen LogP contribution is -2.57. The second-order valence-electron chi connectivity index (χ2n) is 4.99. The Labute approximate surface area is 107 Å². The molecule has 0 bridgehead atoms. The van der Waals surface area contributed by atoms with Crippen LogP contribution in [0.3, 0.4) is 0 Å². The second kappa shape index (κ2) is 7.77. The fourth-order valence-corrected chi connectivity index (χ4v) is 1.66. The summed E-state index contributed by atoms with van der Waals surface area (Å²) in [5.74, 6) is -0.913. The lowest BCUT2D eigenvalue weighted by atomic mass is 9.93. The molecule has 0 aromatic heterocycles. The van der Waals surface area contributed by atoms with Crippen molar-refractivity contribution < 1.29 is 18.0 Å². The highest BCUT2D eigenvalue weighted by atomic mass is 19.4. The molecule has 5 heteroatoms. The largest absolute Gasteiger partial charge is 0.413 e. The van der Waals surface area contributed by atoms with Crippen LogP contribution in [0.25, 0.3) is 0 Å². The molecule has 0 heterocycles. The predicted octanol–water partition coefficient (Wildman–Crippen LogP) is 3.98. The SMILES string of the molecule is CCCCCCCCCC(=O)C(C)(N)C(F)(F)F. The first-order chi connectivity index (χ1) is 8.23. The molecule has 1 unspecified atom stereocenters. The minimum absolute atomic E-state index is 0.0830. The van der Waals surface area contributed by atoms with E-state index in [4.69, 9.17) is 5.73 Å². The molecule has 18 heavy (non-hydrogen) atoms. The monoisotopic (exact) mass is 267 g/mol. The van der Waals surface area contributed by atoms with Gasteiger partial charge in [0.25, 0.3) is 0 Å². The summed E-state index contributed by atoms with van der Waals surface area (Å²) in [5, 5.41) is 0. The molecule has 0 aliphatic heterocycles. The fraction of sp³-hybridized carbons (Fsp3) is 0.923. The maximum Gasteiger partial charge on any atom is 0.413 e. The predicted molar refractivity (Wildman–Crippen MR) is 66.3 cm³/mol. The number of carbonyl (C=O) groups excluding carboxylic acids is 1. The normalized spacial score (nSPS) is 15.4. The van der Waals surface area contributed by atoms with Crippen LogP contribution in [0, 0.1) is 0 Å². The Balaban J connectivity index is 3.78. The lowest BCUT2D eigenvalue weighted by molar-refractivity contribution is -0.186. The summed E-state index contributed by atoms with van der Waals surface area (Å²) >= 11 is 0. The van der Waals surface area contributed by atoms with Crippen molar-refractivity contribution in [3.8, 4) is 0 Å². The van der Waals surface area contributed by atoms with Crippen LogP contribution in [0.15, 0.2) is 0 Å². The highest BCUT2D eigenvalue weighted by molar-refractivity contribution is 5.88. The van der Waals surface area contributed by atoms with Gasteiger partial charge in [0.15, 0.2) is 11.3 Å². The van der Waals surface area contributed by atoms with Gasteiger partial charge in [0, 0.05) is 6.42 Å². The van der Waals surface area contributed by atoms with Crippen LogP contribution in [-0.2, 0) is 4.79 Å². The number of alkyl halides is 3. The Morgan fingerprint density at radius 3 is 1.89 bits per heavy atom. The van der Waals surface area contributed by atoms with Gasteiger partial charge in [0.2, 0.25) is 0 Å². The van der Waals surface area contributed by atoms with Crippen molar-refractivity contribution >= 4 is 5.78 Å². The van der Waals surface area contributed by atoms with Gasteiger partial charge < -0.3 is 5.73 Å². The first-order valence-electron chi connectivity index (χ1n) is 6.62. The van der Waals surface area contributed by atoms with Gasteiger partial charge in [-0.3, -0.25) is 4.79 Å². The molecule has 0 spiro atoms. The number of carbonyl (C=O) groups is 1. The number of rotatable bonds is 9. The molecule has 1 atom stereocenters. The highest BCUT2D eigenvalue weighted by Crippen LogP contribution is 2.30. The number of ketones is 1. The summed E-state index contributed by atoms with van der Waals surface area (Å²) in [6, 6.07) is 0. The van der Waals surface area contributed by atoms with Crippen LogP contribution in [0.1, 0.15) is 65.2 Å². The van der Waals surface area contributed by atoms with E-state index >= 15 is 0 Å². The van der Waals surface area contributed by atoms with E-state index in [0.29, 0.717) is 6.42 Å². The van der Waals surface area contributed by atoms with Crippen molar-refractivity contribution in [2.24, 2.45) is 5.73 Å². The smallest absolute Gasteiger partial charge is 0.312 e. The summed E-state index contributed by atoms with van der Waals surface area (Å²) in [5.41, 5.74) is 2.34. The van der Waals surface area contributed by atoms with E-state index in [1.54, 1.807) is 0 Å². The Morgan fingerprint density at radius 1 is 1.00 bits per heavy atom. The Morgan fingerprint density at radius 2 is 1.44 bits per heavy atom. The van der Waals surface area contributed by atoms with Crippen LogP contribution in [0.2, 0.25) is 0 Å². The number of hydrogen-bond acceptors (Lipinski definition) is 2. The van der Waals surface area contributed by atoms with Gasteiger partial charge in [0.05, 0.1) is 0 Å². The van der Waals surface area contributed by atoms with Gasteiger partial charge in [-0.2, -0.15) is 13.2 Å². The lowest BCUT2D eigenvalue weighted by Gasteiger charge is -2.25. The molecule has 0 saturated heterocycles. The van der Waals surface area contributed by atoms with E-state index in [1.807, 2.05) is 0 Å². The van der Waals surface area contributed by atoms with Gasteiger partial charge in [0.1, 0.15) is 0 Å². The molecular weight excluding hydrogens is 243 g/mol. The van der Waals surface area contributed by atoms with Crippen molar-refractivity contribution in [2.45, 2.75) is 76.9 Å². The standard InChI is InChI=1S/C13H24F3NO/c1-3-4-5-6-7-8-9-10-11(18)12(2,17)13(14,15)16/h3-10,17H2,1-2H3. The Bertz CT molecular complexity index is 249. The molecule has 0 amide bonds. The highest BCUT2D eigenvalue weighted by Gasteiger charge is 2.52. The maximum absolute atomic E-state index is 12.5. The third-order valence-electron chi connectivity index (χ3n) is 3.18. The van der Waals surface area contributed by atoms with Crippen molar-refractivity contribution in [1.82, 2.24) is 0 Å². The van der Waals surface area contributed by atoms with Gasteiger partial charge in [-0.05, 0) is 13.3 Å². The fourth-order valence-electron chi connectivity index (χ4n) is 1.66. The average Bonchev–Trinajstić information content (AvgIpc) is 2.26. The van der Waals surface area contributed by atoms with Crippen LogP contribution in [0.5, 0.6) is 0 Å². The summed E-state index contributed by atoms with van der Waals surface area (Å²) in [7, 11) is 0. The zero-order chi connectivity index (χ0) is 14.2. The summed E-state index contributed by atoms with van der Waals surface area (Å²) in [6.45, 7) is 2.87. The molecule has 0 aromatic rings. The molecule has 2 N–H and O–H groups in total. The van der Waals surface area contributed by atoms with Crippen molar-refractivity contribution in [3.63, 3.8) is 0 Å². The topological polar surface area (TPSA) is 43.1 Å². The van der Waals surface area contributed by atoms with E-state index in [2.05, 4.69) is 6.92 Å². The van der Waals surface area contributed by atoms with E-state index < -0.39 is 17.5 Å². The van der Waals surface area contributed by atoms with Gasteiger partial charge in [-0.25, -0.2) is 0 Å². The minimum atomic E-state index is -4.66. The van der Waals surface area contributed by atoms with Gasteiger partial charge >= 0.3 is 6.18 Å². The molecule has 0 aliphatic carbocycles. The Hall–Kier alpha value is -0.580. The molecule has 108 valence electrons. The molecule has 0 saturated carbocycles. The number of Topliss-reactive ketones (excluding diaryl/α,β-unsaturated/α-hetero) is 1. The third kappa shape index (κ3) is 5.85. The molecule has 0 aliphatic rings. The van der Waals surface area contributed by atoms with Gasteiger partial charge in [-0.15, -0.1) is 0 Å². The minimum Gasteiger partial charge on any atom is -0.312 e. The van der Waals surface area contributed by atoms with E-state index in [1.165, 1.54) is 6.42 Å². The first kappa shape index (κ1) is 17.4. The van der Waals surface area contributed by atoms with Crippen molar-refractivity contribution in [1.29, 1.82) is 0 Å². The maximum atomic E-state index is 12.5. The van der Waals surface area contributed by atoms with E-state index in [9.17, 15) is 18.0 Å². The van der Waals surface area contributed by atoms with Crippen LogP contribution in [0.4, 0.5) is 13.2 Å². The quantitative estimate of drug-likeness (QED) is 0.642. The number of hydrogen-bond donors (Lipinski definition) is 1. The summed E-state index contributed by atoms with van der Waals surface area (Å²) in [4.78, 5) is 11.4. The van der Waals surface area contributed by atoms with Gasteiger partial charge in [-0.1, -0.05) is 45.4 Å². The molecule has 0 rings (SSSR count). The summed E-state index contributed by atoms with van der Waals surface area (Å²) < 4.78 is 37.4. The molecule has 0 fully saturated rings. The van der Waals surface area contributed by atoms with Crippen molar-refractivity contribution in [2.75, 3.05) is 0 Å². The first-order valence-corrected chi connectivity index (χ1v) is 6.62. The number of halogens is 3. The third-order valence-corrected chi connectivity index (χ3v) is 3.18.